The van der Waals surface area contributed by atoms with Crippen molar-refractivity contribution in [2.45, 2.75) is 59.1 Å². The van der Waals surface area contributed by atoms with Crippen LogP contribution in [0.1, 0.15) is 60.8 Å². The van der Waals surface area contributed by atoms with Gasteiger partial charge in [0, 0.05) is 23.7 Å². The predicted molar refractivity (Wildman–Crippen MR) is 163 cm³/mol. The van der Waals surface area contributed by atoms with Crippen LogP contribution in [0.2, 0.25) is 0 Å². The van der Waals surface area contributed by atoms with Gasteiger partial charge in [-0.2, -0.15) is 0 Å². The van der Waals surface area contributed by atoms with Gasteiger partial charge in [0.25, 0.3) is 0 Å². The maximum atomic E-state index is 14.6. The van der Waals surface area contributed by atoms with Crippen LogP contribution in [0.4, 0.5) is 18.9 Å². The number of nitrogens with one attached hydrogen (secondary N) is 1. The van der Waals surface area contributed by atoms with Gasteiger partial charge in [0.05, 0.1) is 5.69 Å². The third-order valence-electron chi connectivity index (χ3n) is 7.74. The molecule has 0 amide bonds. The first kappa shape index (κ1) is 28.0. The number of rotatable bonds is 7. The Labute approximate surface area is 247 Å². The highest BCUT2D eigenvalue weighted by Crippen LogP contribution is 2.38. The second-order valence-electron chi connectivity index (χ2n) is 11.0. The van der Waals surface area contributed by atoms with Gasteiger partial charge in [-0.15, -0.1) is 5.10 Å². The number of nitrogens with zero attached hydrogens (tertiary/aromatic N) is 3. The molecule has 42 heavy (non-hydrogen) atoms. The van der Waals surface area contributed by atoms with Gasteiger partial charge in [-0.25, -0.2) is 17.7 Å². The smallest absolute Gasteiger partial charge is 0.169 e. The summed E-state index contributed by atoms with van der Waals surface area (Å²) in [5.41, 5.74) is 6.38. The van der Waals surface area contributed by atoms with Crippen molar-refractivity contribution in [3.63, 3.8) is 0 Å². The summed E-state index contributed by atoms with van der Waals surface area (Å²) < 4.78 is 52.5. The molecule has 5 aromatic rings. The van der Waals surface area contributed by atoms with Gasteiger partial charge < -0.3 is 14.6 Å². The monoisotopic (exact) mass is 588 g/mol. The average Bonchev–Trinajstić information content (AvgIpc) is 3.35. The normalized spacial score (nSPS) is 13.0. The molecule has 1 aliphatic heterocycles. The second kappa shape index (κ2) is 11.3. The third-order valence-corrected chi connectivity index (χ3v) is 8.03. The zero-order valence-corrected chi connectivity index (χ0v) is 24.5. The fraction of sp³-hybridized carbons (Fsp3) is 0.273. The summed E-state index contributed by atoms with van der Waals surface area (Å²) in [6.07, 6.45) is 2.67. The van der Waals surface area contributed by atoms with Crippen LogP contribution in [0.25, 0.3) is 16.8 Å². The molecule has 1 N–H and O–H groups in total. The molecule has 1 aliphatic rings. The van der Waals surface area contributed by atoms with Crippen molar-refractivity contribution in [3.05, 3.63) is 106 Å². The Hall–Kier alpha value is -4.11. The van der Waals surface area contributed by atoms with Crippen molar-refractivity contribution in [1.82, 2.24) is 14.2 Å². The zero-order valence-electron chi connectivity index (χ0n) is 23.7. The summed E-state index contributed by atoms with van der Waals surface area (Å²) >= 11 is 5.86. The molecule has 0 unspecified atom stereocenters. The predicted octanol–water partition coefficient (Wildman–Crippen LogP) is 8.35. The molecule has 6 rings (SSSR count). The van der Waals surface area contributed by atoms with Crippen LogP contribution < -0.4 is 10.1 Å². The SMILES string of the molecule is Cc1ccc(C(C)C)c(OCc2nn3c(C(=S)Nc4ccc(F)cc4F)c(-c4ccc(F)cc4)c4c3n2CCCC4)c1. The van der Waals surface area contributed by atoms with Gasteiger partial charge in [-0.3, -0.25) is 0 Å². The Bertz CT molecular complexity index is 1810. The van der Waals surface area contributed by atoms with Crippen LogP contribution in [0.3, 0.4) is 0 Å². The quantitative estimate of drug-likeness (QED) is 0.194. The Morgan fingerprint density at radius 3 is 2.50 bits per heavy atom. The van der Waals surface area contributed by atoms with Crippen molar-refractivity contribution >= 4 is 28.5 Å². The highest BCUT2D eigenvalue weighted by molar-refractivity contribution is 7.81. The van der Waals surface area contributed by atoms with Crippen molar-refractivity contribution < 1.29 is 17.9 Å². The summed E-state index contributed by atoms with van der Waals surface area (Å²) in [6.45, 7) is 7.32. The summed E-state index contributed by atoms with van der Waals surface area (Å²) in [6, 6.07) is 15.8. The minimum Gasteiger partial charge on any atom is -0.485 e. The number of anilines is 1. The average molecular weight is 589 g/mol. The molecule has 5 nitrogen and oxygen atoms in total. The lowest BCUT2D eigenvalue weighted by atomic mass is 9.98. The molecular formula is C33H31F3N4OS. The molecule has 0 saturated carbocycles. The maximum absolute atomic E-state index is 14.6. The van der Waals surface area contributed by atoms with E-state index in [2.05, 4.69) is 35.9 Å². The summed E-state index contributed by atoms with van der Waals surface area (Å²) in [7, 11) is 0. The van der Waals surface area contributed by atoms with Gasteiger partial charge in [0.15, 0.2) is 5.82 Å². The van der Waals surface area contributed by atoms with Gasteiger partial charge in [0.2, 0.25) is 0 Å². The van der Waals surface area contributed by atoms with Gasteiger partial charge in [0.1, 0.15) is 46.1 Å². The Balaban J connectivity index is 1.49. The van der Waals surface area contributed by atoms with E-state index in [0.717, 1.165) is 76.9 Å². The van der Waals surface area contributed by atoms with Crippen LogP contribution in [-0.2, 0) is 19.6 Å². The number of halogens is 3. The van der Waals surface area contributed by atoms with E-state index in [-0.39, 0.29) is 23.1 Å². The molecule has 9 heteroatoms. The van der Waals surface area contributed by atoms with E-state index < -0.39 is 11.6 Å². The molecule has 0 saturated heterocycles. The molecule has 0 atom stereocenters. The van der Waals surface area contributed by atoms with Crippen molar-refractivity contribution in [2.75, 3.05) is 5.32 Å². The summed E-state index contributed by atoms with van der Waals surface area (Å²) in [5, 5.41) is 7.97. The topological polar surface area (TPSA) is 43.5 Å². The number of aromatic nitrogens is 3. The van der Waals surface area contributed by atoms with Gasteiger partial charge in [-0.1, -0.05) is 50.3 Å². The van der Waals surface area contributed by atoms with E-state index in [4.69, 9.17) is 22.1 Å². The first-order valence-corrected chi connectivity index (χ1v) is 14.5. The highest BCUT2D eigenvalue weighted by atomic mass is 32.1. The second-order valence-corrected chi connectivity index (χ2v) is 11.4. The first-order chi connectivity index (χ1) is 20.2. The maximum Gasteiger partial charge on any atom is 0.169 e. The van der Waals surface area contributed by atoms with E-state index in [9.17, 15) is 13.2 Å². The molecule has 0 aliphatic carbocycles. The van der Waals surface area contributed by atoms with Crippen molar-refractivity contribution in [2.24, 2.45) is 0 Å². The number of thiocarbonyl (C=S) groups is 1. The third kappa shape index (κ3) is 5.17. The Kier molecular flexibility index (Phi) is 7.53. The Morgan fingerprint density at radius 1 is 1.00 bits per heavy atom. The van der Waals surface area contributed by atoms with Gasteiger partial charge >= 0.3 is 0 Å². The van der Waals surface area contributed by atoms with E-state index >= 15 is 0 Å². The highest BCUT2D eigenvalue weighted by Gasteiger charge is 2.29. The molecule has 2 aromatic heterocycles. The number of hydrogen-bond acceptors (Lipinski definition) is 3. The standard InChI is InChI=1S/C33H31F3N4OS/c1-19(2)24-13-7-20(3)16-28(24)41-18-29-38-40-31(32(42)37-27-14-12-23(35)17-26(27)36)30(21-8-10-22(34)11-9-21)25-6-4-5-15-39(29)33(25)40/h7-14,16-17,19H,4-6,15,18H2,1-3H3,(H,37,42). The molecule has 0 spiro atoms. The number of hydrogen-bond donors (Lipinski definition) is 1. The minimum absolute atomic E-state index is 0.0544. The zero-order chi connectivity index (χ0) is 29.5. The van der Waals surface area contributed by atoms with Gasteiger partial charge in [-0.05, 0) is 79.1 Å². The largest absolute Gasteiger partial charge is 0.485 e. The van der Waals surface area contributed by atoms with Crippen LogP contribution in [0.5, 0.6) is 5.75 Å². The Morgan fingerprint density at radius 2 is 1.76 bits per heavy atom. The van der Waals surface area contributed by atoms with Crippen molar-refractivity contribution in [1.29, 1.82) is 0 Å². The lowest BCUT2D eigenvalue weighted by molar-refractivity contribution is 0.284. The molecular weight excluding hydrogens is 557 g/mol. The molecule has 3 aromatic carbocycles. The molecule has 0 fully saturated rings. The van der Waals surface area contributed by atoms with Crippen molar-refractivity contribution in [3.8, 4) is 16.9 Å². The van der Waals surface area contributed by atoms with Crippen LogP contribution in [0, 0.1) is 24.4 Å². The molecule has 0 bridgehead atoms. The number of benzene rings is 3. The van der Waals surface area contributed by atoms with E-state index in [1.807, 2.05) is 13.0 Å². The van der Waals surface area contributed by atoms with E-state index in [1.165, 1.54) is 24.3 Å². The lowest BCUT2D eigenvalue weighted by Gasteiger charge is -2.15. The van der Waals surface area contributed by atoms with Crippen LogP contribution in [-0.4, -0.2) is 19.2 Å². The summed E-state index contributed by atoms with van der Waals surface area (Å²) in [4.78, 5) is 0.222. The van der Waals surface area contributed by atoms with E-state index in [0.29, 0.717) is 11.6 Å². The molecule has 216 valence electrons. The molecule has 3 heterocycles. The fourth-order valence-electron chi connectivity index (χ4n) is 5.71. The minimum atomic E-state index is -0.756. The number of aryl methyl sites for hydroxylation is 3. The fourth-order valence-corrected chi connectivity index (χ4v) is 6.00. The lowest BCUT2D eigenvalue weighted by Crippen LogP contribution is -2.16. The van der Waals surface area contributed by atoms with E-state index in [1.54, 1.807) is 16.6 Å². The van der Waals surface area contributed by atoms with Crippen LogP contribution in [0.15, 0.2) is 60.7 Å². The number of ether oxygens (including phenoxy) is 1. The van der Waals surface area contributed by atoms with Crippen LogP contribution >= 0.6 is 12.2 Å². The molecule has 0 radical (unpaired) electrons. The summed E-state index contributed by atoms with van der Waals surface area (Å²) in [5.74, 6) is 0.0899. The first-order valence-electron chi connectivity index (χ1n) is 14.1.